The molecule has 0 spiro atoms. The highest BCUT2D eigenvalue weighted by Gasteiger charge is 2.20. The summed E-state index contributed by atoms with van der Waals surface area (Å²) in [6.45, 7) is 0.0908. The zero-order valence-electron chi connectivity index (χ0n) is 15.8. The van der Waals surface area contributed by atoms with E-state index in [1.807, 2.05) is 48.5 Å². The number of hydrogen-bond donors (Lipinski definition) is 2. The van der Waals surface area contributed by atoms with Gasteiger partial charge in [-0.3, -0.25) is 14.4 Å². The van der Waals surface area contributed by atoms with Gasteiger partial charge in [0.1, 0.15) is 6.61 Å². The van der Waals surface area contributed by atoms with E-state index in [-0.39, 0.29) is 32.3 Å². The van der Waals surface area contributed by atoms with Gasteiger partial charge in [0.05, 0.1) is 5.92 Å². The van der Waals surface area contributed by atoms with E-state index in [2.05, 4.69) is 6.07 Å². The Morgan fingerprint density at radius 3 is 1.93 bits per heavy atom. The van der Waals surface area contributed by atoms with Crippen molar-refractivity contribution in [3.05, 3.63) is 60.2 Å². The lowest BCUT2D eigenvalue weighted by Crippen LogP contribution is -2.17. The summed E-state index contributed by atoms with van der Waals surface area (Å²) in [6, 6.07) is 17.8. The molecule has 0 saturated heterocycles. The van der Waals surface area contributed by atoms with E-state index in [0.29, 0.717) is 0 Å². The fourth-order valence-corrected chi connectivity index (χ4v) is 3.47. The van der Waals surface area contributed by atoms with Crippen molar-refractivity contribution in [2.24, 2.45) is 5.92 Å². The first-order valence-corrected chi connectivity index (χ1v) is 9.45. The van der Waals surface area contributed by atoms with Gasteiger partial charge in [-0.15, -0.1) is 0 Å². The molecule has 2 N–H and O–H groups in total. The number of carboxylic acid groups (broad SMARTS) is 2. The van der Waals surface area contributed by atoms with E-state index in [4.69, 9.17) is 9.84 Å². The lowest BCUT2D eigenvalue weighted by molar-refractivity contribution is -0.146. The molecule has 3 aromatic rings. The molecular weight excluding hydrogens is 372 g/mol. The number of carbonyl (C=O) groups excluding carboxylic acids is 1. The highest BCUT2D eigenvalue weighted by molar-refractivity contribution is 6.02. The minimum absolute atomic E-state index is 0.00803. The van der Waals surface area contributed by atoms with Crippen molar-refractivity contribution in [1.29, 1.82) is 0 Å². The van der Waals surface area contributed by atoms with Crippen molar-refractivity contribution < 1.29 is 29.3 Å². The Bertz CT molecular complexity index is 1000. The Morgan fingerprint density at radius 2 is 1.38 bits per heavy atom. The number of carbonyl (C=O) groups is 3. The number of ether oxygens (including phenoxy) is 1. The van der Waals surface area contributed by atoms with E-state index in [1.165, 1.54) is 0 Å². The van der Waals surface area contributed by atoms with Gasteiger partial charge in [-0.1, -0.05) is 48.5 Å². The van der Waals surface area contributed by atoms with Crippen LogP contribution in [0, 0.1) is 5.92 Å². The summed E-state index contributed by atoms with van der Waals surface area (Å²) in [6.07, 6.45) is -0.267. The van der Waals surface area contributed by atoms with Gasteiger partial charge in [-0.2, -0.15) is 0 Å². The van der Waals surface area contributed by atoms with Crippen LogP contribution in [0.25, 0.3) is 21.5 Å². The van der Waals surface area contributed by atoms with Gasteiger partial charge in [-0.25, -0.2) is 0 Å². The fourth-order valence-electron chi connectivity index (χ4n) is 3.47. The minimum Gasteiger partial charge on any atom is -0.481 e. The second-order valence-corrected chi connectivity index (χ2v) is 6.96. The first-order valence-electron chi connectivity index (χ1n) is 9.45. The van der Waals surface area contributed by atoms with Gasteiger partial charge in [0, 0.05) is 18.4 Å². The van der Waals surface area contributed by atoms with Gasteiger partial charge in [0.15, 0.2) is 0 Å². The number of hydrogen-bond acceptors (Lipinski definition) is 4. The van der Waals surface area contributed by atoms with Gasteiger partial charge in [0.25, 0.3) is 0 Å². The first-order chi connectivity index (χ1) is 14.0. The lowest BCUT2D eigenvalue weighted by Gasteiger charge is -2.13. The molecular formula is C23H22O6. The van der Waals surface area contributed by atoms with Crippen LogP contribution in [0.15, 0.2) is 54.6 Å². The van der Waals surface area contributed by atoms with Crippen LogP contribution >= 0.6 is 0 Å². The summed E-state index contributed by atoms with van der Waals surface area (Å²) in [4.78, 5) is 34.1. The summed E-state index contributed by atoms with van der Waals surface area (Å²) in [5.74, 6) is -3.53. The molecule has 0 fully saturated rings. The molecule has 1 unspecified atom stereocenters. The van der Waals surface area contributed by atoms with Crippen molar-refractivity contribution >= 4 is 39.5 Å². The summed E-state index contributed by atoms with van der Waals surface area (Å²) in [7, 11) is 0. The normalized spacial score (nSPS) is 12.0. The fraction of sp³-hybridized carbons (Fsp3) is 0.261. The lowest BCUT2D eigenvalue weighted by atomic mass is 9.97. The quantitative estimate of drug-likeness (QED) is 0.412. The maximum atomic E-state index is 12.2. The highest BCUT2D eigenvalue weighted by atomic mass is 16.5. The Kier molecular flexibility index (Phi) is 6.44. The van der Waals surface area contributed by atoms with Crippen LogP contribution in [0.3, 0.4) is 0 Å². The summed E-state index contributed by atoms with van der Waals surface area (Å²) in [5, 5.41) is 22.0. The molecule has 29 heavy (non-hydrogen) atoms. The third kappa shape index (κ3) is 5.10. The zero-order chi connectivity index (χ0) is 20.8. The molecule has 0 radical (unpaired) electrons. The monoisotopic (exact) mass is 394 g/mol. The van der Waals surface area contributed by atoms with Crippen molar-refractivity contribution in [3.63, 3.8) is 0 Å². The predicted molar refractivity (Wildman–Crippen MR) is 108 cm³/mol. The number of rotatable bonds is 9. The number of esters is 1. The second kappa shape index (κ2) is 9.19. The molecule has 0 aliphatic rings. The molecule has 0 aliphatic carbocycles. The van der Waals surface area contributed by atoms with Crippen molar-refractivity contribution in [2.75, 3.05) is 0 Å². The maximum Gasteiger partial charge on any atom is 0.306 e. The zero-order valence-corrected chi connectivity index (χ0v) is 15.8. The Hall–Kier alpha value is -3.41. The van der Waals surface area contributed by atoms with Crippen LogP contribution in [0.5, 0.6) is 0 Å². The Labute approximate surface area is 167 Å². The van der Waals surface area contributed by atoms with Gasteiger partial charge >= 0.3 is 17.9 Å². The van der Waals surface area contributed by atoms with Gasteiger partial charge in [0.2, 0.25) is 0 Å². The van der Waals surface area contributed by atoms with Crippen LogP contribution in [-0.4, -0.2) is 28.1 Å². The average molecular weight is 394 g/mol. The number of carboxylic acids is 2. The molecule has 0 amide bonds. The molecule has 0 saturated carbocycles. The SMILES string of the molecule is O=C(O)CCC(CCC(=O)OCc1c2ccccc2cc2ccccc12)C(=O)O. The molecule has 1 atom stereocenters. The van der Waals surface area contributed by atoms with Crippen LogP contribution in [0.4, 0.5) is 0 Å². The third-order valence-electron chi connectivity index (χ3n) is 5.01. The maximum absolute atomic E-state index is 12.2. The van der Waals surface area contributed by atoms with E-state index in [1.54, 1.807) is 0 Å². The van der Waals surface area contributed by atoms with E-state index < -0.39 is 23.8 Å². The summed E-state index contributed by atoms with van der Waals surface area (Å²) >= 11 is 0. The molecule has 3 aromatic carbocycles. The van der Waals surface area contributed by atoms with E-state index >= 15 is 0 Å². The van der Waals surface area contributed by atoms with E-state index in [0.717, 1.165) is 27.1 Å². The smallest absolute Gasteiger partial charge is 0.306 e. The molecule has 6 heteroatoms. The average Bonchev–Trinajstić information content (AvgIpc) is 2.70. The van der Waals surface area contributed by atoms with Crippen molar-refractivity contribution in [3.8, 4) is 0 Å². The van der Waals surface area contributed by atoms with Crippen molar-refractivity contribution in [1.82, 2.24) is 0 Å². The minimum atomic E-state index is -1.10. The van der Waals surface area contributed by atoms with Crippen LogP contribution < -0.4 is 0 Å². The molecule has 0 bridgehead atoms. The third-order valence-corrected chi connectivity index (χ3v) is 5.01. The molecule has 6 nitrogen and oxygen atoms in total. The largest absolute Gasteiger partial charge is 0.481 e. The Balaban J connectivity index is 1.70. The van der Waals surface area contributed by atoms with E-state index in [9.17, 15) is 19.5 Å². The number of aliphatic carboxylic acids is 2. The summed E-state index contributed by atoms with van der Waals surface area (Å²) in [5.41, 5.74) is 0.910. The Morgan fingerprint density at radius 1 is 0.828 bits per heavy atom. The molecule has 0 aliphatic heterocycles. The number of benzene rings is 3. The van der Waals surface area contributed by atoms with Gasteiger partial charge < -0.3 is 14.9 Å². The van der Waals surface area contributed by atoms with Crippen LogP contribution in [0.1, 0.15) is 31.2 Å². The highest BCUT2D eigenvalue weighted by Crippen LogP contribution is 2.29. The standard InChI is InChI=1S/C23H22O6/c24-21(25)11-9-15(23(27)28)10-12-22(26)29-14-20-18-7-3-1-5-16(18)13-17-6-2-4-8-19(17)20/h1-8,13,15H,9-12,14H2,(H,24,25)(H,27,28). The topological polar surface area (TPSA) is 101 Å². The number of fused-ring (bicyclic) bond motifs is 2. The molecule has 3 rings (SSSR count). The second-order valence-electron chi connectivity index (χ2n) is 6.96. The summed E-state index contributed by atoms with van der Waals surface area (Å²) < 4.78 is 5.45. The molecule has 0 heterocycles. The van der Waals surface area contributed by atoms with Crippen molar-refractivity contribution in [2.45, 2.75) is 32.3 Å². The predicted octanol–water partition coefficient (Wildman–Crippen LogP) is 4.38. The van der Waals surface area contributed by atoms with Crippen LogP contribution in [-0.2, 0) is 25.7 Å². The van der Waals surface area contributed by atoms with Gasteiger partial charge in [-0.05, 0) is 40.5 Å². The molecule has 0 aromatic heterocycles. The first kappa shape index (κ1) is 20.3. The molecule has 150 valence electrons. The van der Waals surface area contributed by atoms with Crippen LogP contribution in [0.2, 0.25) is 0 Å².